The fraction of sp³-hybridized carbons (Fsp3) is 0.417. The van der Waals surface area contributed by atoms with E-state index in [-0.39, 0.29) is 24.1 Å². The second-order valence-corrected chi connectivity index (χ2v) is 9.49. The molecule has 7 heteroatoms. The highest BCUT2D eigenvalue weighted by atomic mass is 16.5. The van der Waals surface area contributed by atoms with E-state index in [2.05, 4.69) is 5.32 Å². The zero-order valence-electron chi connectivity index (χ0n) is 18.2. The van der Waals surface area contributed by atoms with E-state index >= 15 is 0 Å². The van der Waals surface area contributed by atoms with Crippen LogP contribution in [0.5, 0.6) is 0 Å². The Balaban J connectivity index is 1.53. The summed E-state index contributed by atoms with van der Waals surface area (Å²) >= 11 is 0. The second kappa shape index (κ2) is 7.35. The van der Waals surface area contributed by atoms with Crippen LogP contribution >= 0.6 is 0 Å². The van der Waals surface area contributed by atoms with E-state index in [1.807, 2.05) is 58.0 Å². The number of alkyl carbamates (subject to hydrolysis) is 1. The Morgan fingerprint density at radius 3 is 2.42 bits per heavy atom. The number of hydrogen-bond acceptors (Lipinski definition) is 5. The van der Waals surface area contributed by atoms with Crippen LogP contribution in [0, 0.1) is 0 Å². The summed E-state index contributed by atoms with van der Waals surface area (Å²) in [6, 6.07) is 12.6. The van der Waals surface area contributed by atoms with Crippen LogP contribution in [0.2, 0.25) is 0 Å². The molecular formula is C24H28N2O5. The molecule has 1 amide bonds. The molecule has 1 saturated heterocycles. The summed E-state index contributed by atoms with van der Waals surface area (Å²) in [6.07, 6.45) is 0.0346. The van der Waals surface area contributed by atoms with Crippen LogP contribution in [-0.4, -0.2) is 51.2 Å². The number of aromatic carboxylic acids is 1. The molecule has 2 aromatic carbocycles. The number of nitrogens with zero attached hydrogens (tertiary/aromatic N) is 1. The third kappa shape index (κ3) is 3.47. The molecule has 1 heterocycles. The third-order valence-electron chi connectivity index (χ3n) is 6.66. The van der Waals surface area contributed by atoms with Gasteiger partial charge in [0, 0.05) is 17.0 Å². The smallest absolute Gasteiger partial charge is 0.407 e. The largest absolute Gasteiger partial charge is 0.478 e. The van der Waals surface area contributed by atoms with Crippen LogP contribution in [0.15, 0.2) is 42.5 Å². The lowest BCUT2D eigenvalue weighted by molar-refractivity contribution is -0.193. The summed E-state index contributed by atoms with van der Waals surface area (Å²) in [7, 11) is 0. The fourth-order valence-electron chi connectivity index (χ4n) is 5.05. The molecule has 0 spiro atoms. The Labute approximate surface area is 181 Å². The molecule has 2 unspecified atom stereocenters. The van der Waals surface area contributed by atoms with Crippen molar-refractivity contribution in [3.63, 3.8) is 0 Å². The number of rotatable bonds is 4. The maximum absolute atomic E-state index is 12.6. The molecule has 164 valence electrons. The SMILES string of the molecule is CC1(C)CC(NC(=O)OCC2c3ccccc3-c3c(C(=O)O)cccc32)C(C)(C)N1O. The van der Waals surface area contributed by atoms with Crippen molar-refractivity contribution in [2.75, 3.05) is 6.61 Å². The summed E-state index contributed by atoms with van der Waals surface area (Å²) in [6.45, 7) is 7.70. The average molecular weight is 424 g/mol. The van der Waals surface area contributed by atoms with Gasteiger partial charge in [0.2, 0.25) is 0 Å². The molecule has 31 heavy (non-hydrogen) atoms. The molecule has 1 aliphatic heterocycles. The van der Waals surface area contributed by atoms with Crippen LogP contribution in [0.1, 0.15) is 61.5 Å². The Kier molecular flexibility index (Phi) is 5.06. The number of hydroxylamine groups is 2. The minimum atomic E-state index is -0.981. The first-order valence-electron chi connectivity index (χ1n) is 10.4. The number of fused-ring (bicyclic) bond motifs is 3. The minimum Gasteiger partial charge on any atom is -0.478 e. The van der Waals surface area contributed by atoms with Crippen LogP contribution in [0.25, 0.3) is 11.1 Å². The van der Waals surface area contributed by atoms with E-state index in [0.717, 1.165) is 16.7 Å². The predicted molar refractivity (Wildman–Crippen MR) is 115 cm³/mol. The van der Waals surface area contributed by atoms with E-state index in [1.165, 1.54) is 5.06 Å². The highest BCUT2D eigenvalue weighted by Gasteiger charge is 2.52. The standard InChI is InChI=1S/C24H28N2O5/c1-23(2)12-19(24(3,4)26(23)30)25-22(29)31-13-18-14-8-5-6-9-15(14)20-16(18)10-7-11-17(20)21(27)28/h5-11,18-19,30H,12-13H2,1-4H3,(H,25,29)(H,27,28). The normalized spacial score (nSPS) is 23.1. The van der Waals surface area contributed by atoms with Crippen molar-refractivity contribution in [3.05, 3.63) is 59.2 Å². The maximum Gasteiger partial charge on any atom is 0.407 e. The number of carboxylic acids is 1. The molecule has 4 rings (SSSR count). The lowest BCUT2D eigenvalue weighted by Crippen LogP contribution is -2.53. The van der Waals surface area contributed by atoms with Gasteiger partial charge in [0.1, 0.15) is 6.61 Å². The van der Waals surface area contributed by atoms with E-state index in [9.17, 15) is 19.9 Å². The average Bonchev–Trinajstić information content (AvgIpc) is 3.11. The van der Waals surface area contributed by atoms with Gasteiger partial charge in [-0.05, 0) is 56.9 Å². The van der Waals surface area contributed by atoms with Crippen molar-refractivity contribution in [2.24, 2.45) is 0 Å². The molecular weight excluding hydrogens is 396 g/mol. The number of carbonyl (C=O) groups is 2. The molecule has 2 aliphatic rings. The number of carboxylic acid groups (broad SMARTS) is 1. The van der Waals surface area contributed by atoms with E-state index in [0.29, 0.717) is 12.0 Å². The highest BCUT2D eigenvalue weighted by molar-refractivity contribution is 5.99. The maximum atomic E-state index is 12.6. The first-order valence-corrected chi connectivity index (χ1v) is 10.4. The Hall–Kier alpha value is -2.90. The van der Waals surface area contributed by atoms with Crippen molar-refractivity contribution in [1.29, 1.82) is 0 Å². The van der Waals surface area contributed by atoms with Crippen molar-refractivity contribution in [2.45, 2.75) is 57.2 Å². The Bertz CT molecular complexity index is 1050. The molecule has 0 aromatic heterocycles. The van der Waals surface area contributed by atoms with Crippen molar-refractivity contribution >= 4 is 12.1 Å². The molecule has 2 aromatic rings. The van der Waals surface area contributed by atoms with Crippen molar-refractivity contribution < 1.29 is 24.6 Å². The van der Waals surface area contributed by atoms with Crippen molar-refractivity contribution in [1.82, 2.24) is 10.4 Å². The molecule has 0 radical (unpaired) electrons. The van der Waals surface area contributed by atoms with Gasteiger partial charge in [-0.25, -0.2) is 9.59 Å². The number of nitrogens with one attached hydrogen (secondary N) is 1. The van der Waals surface area contributed by atoms with E-state index in [1.54, 1.807) is 12.1 Å². The first kappa shape index (κ1) is 21.3. The van der Waals surface area contributed by atoms with Gasteiger partial charge in [0.15, 0.2) is 0 Å². The van der Waals surface area contributed by atoms with Gasteiger partial charge >= 0.3 is 12.1 Å². The number of carbonyl (C=O) groups excluding carboxylic acids is 1. The summed E-state index contributed by atoms with van der Waals surface area (Å²) in [4.78, 5) is 24.4. The zero-order valence-corrected chi connectivity index (χ0v) is 18.2. The Morgan fingerprint density at radius 2 is 1.77 bits per heavy atom. The molecule has 7 nitrogen and oxygen atoms in total. The summed E-state index contributed by atoms with van der Waals surface area (Å²) < 4.78 is 5.60. The first-order chi connectivity index (χ1) is 14.5. The van der Waals surface area contributed by atoms with Gasteiger partial charge in [-0.3, -0.25) is 0 Å². The number of hydrogen-bond donors (Lipinski definition) is 3. The van der Waals surface area contributed by atoms with Crippen LogP contribution in [-0.2, 0) is 4.74 Å². The van der Waals surface area contributed by atoms with Crippen LogP contribution in [0.3, 0.4) is 0 Å². The quantitative estimate of drug-likeness (QED) is 0.679. The van der Waals surface area contributed by atoms with Gasteiger partial charge in [-0.1, -0.05) is 36.4 Å². The van der Waals surface area contributed by atoms with Gasteiger partial charge in [0.05, 0.1) is 17.1 Å². The van der Waals surface area contributed by atoms with Crippen LogP contribution < -0.4 is 5.32 Å². The van der Waals surface area contributed by atoms with Gasteiger partial charge < -0.3 is 20.4 Å². The molecule has 0 saturated carbocycles. The van der Waals surface area contributed by atoms with Gasteiger partial charge in [-0.15, -0.1) is 0 Å². The van der Waals surface area contributed by atoms with Gasteiger partial charge in [-0.2, -0.15) is 5.06 Å². The number of benzene rings is 2. The fourth-order valence-corrected chi connectivity index (χ4v) is 5.05. The number of amides is 1. The zero-order chi connectivity index (χ0) is 22.6. The van der Waals surface area contributed by atoms with Crippen molar-refractivity contribution in [3.8, 4) is 11.1 Å². The van der Waals surface area contributed by atoms with E-state index < -0.39 is 23.1 Å². The highest BCUT2D eigenvalue weighted by Crippen LogP contribution is 2.46. The predicted octanol–water partition coefficient (Wildman–Crippen LogP) is 4.24. The molecule has 1 aliphatic carbocycles. The van der Waals surface area contributed by atoms with Crippen LogP contribution in [0.4, 0.5) is 4.79 Å². The summed E-state index contributed by atoms with van der Waals surface area (Å²) in [5.74, 6) is -1.22. The lowest BCUT2D eigenvalue weighted by atomic mass is 9.94. The molecule has 1 fully saturated rings. The Morgan fingerprint density at radius 1 is 1.10 bits per heavy atom. The topological polar surface area (TPSA) is 99.1 Å². The molecule has 2 atom stereocenters. The van der Waals surface area contributed by atoms with E-state index in [4.69, 9.17) is 4.74 Å². The second-order valence-electron chi connectivity index (χ2n) is 9.49. The third-order valence-corrected chi connectivity index (χ3v) is 6.66. The number of ether oxygens (including phenoxy) is 1. The van der Waals surface area contributed by atoms with Gasteiger partial charge in [0.25, 0.3) is 0 Å². The summed E-state index contributed by atoms with van der Waals surface area (Å²) in [5, 5.41) is 24.3. The summed E-state index contributed by atoms with van der Waals surface area (Å²) in [5.41, 5.74) is 2.49. The molecule has 3 N–H and O–H groups in total. The molecule has 0 bridgehead atoms. The monoisotopic (exact) mass is 424 g/mol. The minimum absolute atomic E-state index is 0.0955. The lowest BCUT2D eigenvalue weighted by Gasteiger charge is -2.35.